The van der Waals surface area contributed by atoms with Gasteiger partial charge in [0.2, 0.25) is 0 Å². The standard InChI is InChI=1S/C20H24N4O3/c1-14-5-3-6-15(11-14)19-21-9-8-17(23-19)16-7-4-10-24(13-16)20(26)22-12-18(25)27-2/h3,5-6,8-9,11,16H,4,7,10,12-13H2,1-2H3,(H,22,26). The summed E-state index contributed by atoms with van der Waals surface area (Å²) >= 11 is 0. The van der Waals surface area contributed by atoms with Crippen molar-refractivity contribution in [2.45, 2.75) is 25.7 Å². The molecule has 7 heteroatoms. The number of carbonyl (C=O) groups excluding carboxylic acids is 2. The predicted molar refractivity (Wildman–Crippen MR) is 101 cm³/mol. The first-order valence-corrected chi connectivity index (χ1v) is 9.06. The molecule has 27 heavy (non-hydrogen) atoms. The first-order valence-electron chi connectivity index (χ1n) is 9.06. The second-order valence-corrected chi connectivity index (χ2v) is 6.69. The first kappa shape index (κ1) is 18.8. The number of hydrogen-bond acceptors (Lipinski definition) is 5. The highest BCUT2D eigenvalue weighted by Crippen LogP contribution is 2.27. The molecule has 0 aliphatic carbocycles. The van der Waals surface area contributed by atoms with Gasteiger partial charge in [0, 0.05) is 36.5 Å². The van der Waals surface area contributed by atoms with Crippen LogP contribution in [-0.4, -0.2) is 53.6 Å². The van der Waals surface area contributed by atoms with Gasteiger partial charge < -0.3 is 15.0 Å². The monoisotopic (exact) mass is 368 g/mol. The molecule has 0 spiro atoms. The summed E-state index contributed by atoms with van der Waals surface area (Å²) in [7, 11) is 1.30. The van der Waals surface area contributed by atoms with Gasteiger partial charge in [0.1, 0.15) is 6.54 Å². The Morgan fingerprint density at radius 1 is 1.33 bits per heavy atom. The molecule has 1 fully saturated rings. The largest absolute Gasteiger partial charge is 0.468 e. The van der Waals surface area contributed by atoms with E-state index in [9.17, 15) is 9.59 Å². The summed E-state index contributed by atoms with van der Waals surface area (Å²) in [4.78, 5) is 34.4. The summed E-state index contributed by atoms with van der Waals surface area (Å²) in [6, 6.07) is 9.76. The van der Waals surface area contributed by atoms with E-state index in [2.05, 4.69) is 21.1 Å². The second kappa shape index (κ2) is 8.62. The normalized spacial score (nSPS) is 16.7. The number of nitrogens with one attached hydrogen (secondary N) is 1. The summed E-state index contributed by atoms with van der Waals surface area (Å²) in [5, 5.41) is 2.60. The molecule has 7 nitrogen and oxygen atoms in total. The Labute approximate surface area is 158 Å². The number of benzene rings is 1. The first-order chi connectivity index (χ1) is 13.1. The molecule has 0 bridgehead atoms. The van der Waals surface area contributed by atoms with E-state index in [-0.39, 0.29) is 18.5 Å². The maximum atomic E-state index is 12.3. The van der Waals surface area contributed by atoms with Gasteiger partial charge >= 0.3 is 12.0 Å². The lowest BCUT2D eigenvalue weighted by molar-refractivity contribution is -0.139. The molecule has 0 radical (unpaired) electrons. The van der Waals surface area contributed by atoms with Gasteiger partial charge in [-0.3, -0.25) is 4.79 Å². The van der Waals surface area contributed by atoms with E-state index in [1.165, 1.54) is 7.11 Å². The van der Waals surface area contributed by atoms with Crippen LogP contribution in [0.4, 0.5) is 4.79 Å². The number of aryl methyl sites for hydroxylation is 1. The Kier molecular flexibility index (Phi) is 6.01. The maximum Gasteiger partial charge on any atom is 0.325 e. The zero-order chi connectivity index (χ0) is 19.2. The third-order valence-corrected chi connectivity index (χ3v) is 4.69. The molecule has 1 aliphatic heterocycles. The number of rotatable bonds is 4. The fourth-order valence-electron chi connectivity index (χ4n) is 3.26. The summed E-state index contributed by atoms with van der Waals surface area (Å²) in [5.41, 5.74) is 3.08. The summed E-state index contributed by atoms with van der Waals surface area (Å²) in [6.07, 6.45) is 3.63. The minimum Gasteiger partial charge on any atom is -0.468 e. The number of aromatic nitrogens is 2. The molecule has 3 rings (SSSR count). The third kappa shape index (κ3) is 4.81. The van der Waals surface area contributed by atoms with Gasteiger partial charge in [0.25, 0.3) is 0 Å². The van der Waals surface area contributed by atoms with Gasteiger partial charge in [-0.15, -0.1) is 0 Å². The van der Waals surface area contributed by atoms with Crippen molar-refractivity contribution in [1.82, 2.24) is 20.2 Å². The van der Waals surface area contributed by atoms with Crippen LogP contribution in [-0.2, 0) is 9.53 Å². The van der Waals surface area contributed by atoms with Crippen LogP contribution in [0.2, 0.25) is 0 Å². The number of methoxy groups -OCH3 is 1. The number of piperidine rings is 1. The lowest BCUT2D eigenvalue weighted by Gasteiger charge is -2.32. The van der Waals surface area contributed by atoms with E-state index in [0.29, 0.717) is 18.9 Å². The highest BCUT2D eigenvalue weighted by atomic mass is 16.5. The minimum atomic E-state index is -0.462. The van der Waals surface area contributed by atoms with Crippen LogP contribution in [0.1, 0.15) is 30.0 Å². The van der Waals surface area contributed by atoms with Crippen LogP contribution in [0, 0.1) is 6.92 Å². The van der Waals surface area contributed by atoms with Crippen LogP contribution in [0.5, 0.6) is 0 Å². The molecule has 1 aliphatic rings. The van der Waals surface area contributed by atoms with Crippen LogP contribution >= 0.6 is 0 Å². The zero-order valence-corrected chi connectivity index (χ0v) is 15.6. The molecule has 2 heterocycles. The summed E-state index contributed by atoms with van der Waals surface area (Å²) < 4.78 is 4.55. The van der Waals surface area contributed by atoms with E-state index in [0.717, 1.165) is 29.7 Å². The predicted octanol–water partition coefficient (Wildman–Crippen LogP) is 2.51. The van der Waals surface area contributed by atoms with Crippen molar-refractivity contribution in [3.8, 4) is 11.4 Å². The molecule has 0 saturated carbocycles. The molecule has 1 N–H and O–H groups in total. The van der Waals surface area contributed by atoms with E-state index in [1.54, 1.807) is 11.1 Å². The Morgan fingerprint density at radius 3 is 2.96 bits per heavy atom. The SMILES string of the molecule is COC(=O)CNC(=O)N1CCCC(c2ccnc(-c3cccc(C)c3)n2)C1. The number of hydrogen-bond donors (Lipinski definition) is 1. The number of nitrogens with zero attached hydrogens (tertiary/aromatic N) is 3. The van der Waals surface area contributed by atoms with Crippen molar-refractivity contribution in [1.29, 1.82) is 0 Å². The van der Waals surface area contributed by atoms with Gasteiger partial charge in [-0.2, -0.15) is 0 Å². The van der Waals surface area contributed by atoms with Gasteiger partial charge in [-0.05, 0) is 31.9 Å². The van der Waals surface area contributed by atoms with E-state index in [1.807, 2.05) is 31.2 Å². The van der Waals surface area contributed by atoms with Crippen molar-refractivity contribution in [3.05, 3.63) is 47.8 Å². The number of esters is 1. The average Bonchev–Trinajstić information content (AvgIpc) is 2.72. The number of amides is 2. The molecular formula is C20H24N4O3. The van der Waals surface area contributed by atoms with Crippen LogP contribution < -0.4 is 5.32 Å². The highest BCUT2D eigenvalue weighted by molar-refractivity contribution is 5.80. The van der Waals surface area contributed by atoms with Gasteiger partial charge in [0.15, 0.2) is 5.82 Å². The number of likely N-dealkylation sites (tertiary alicyclic amines) is 1. The van der Waals surface area contributed by atoms with E-state index in [4.69, 9.17) is 4.98 Å². The Hall–Kier alpha value is -2.96. The van der Waals surface area contributed by atoms with Gasteiger partial charge in [0.05, 0.1) is 7.11 Å². The summed E-state index contributed by atoms with van der Waals surface area (Å²) in [5.74, 6) is 0.383. The van der Waals surface area contributed by atoms with Crippen molar-refractivity contribution >= 4 is 12.0 Å². The molecule has 1 aromatic carbocycles. The fourth-order valence-corrected chi connectivity index (χ4v) is 3.26. The van der Waals surface area contributed by atoms with Gasteiger partial charge in [-0.25, -0.2) is 14.8 Å². The summed E-state index contributed by atoms with van der Waals surface area (Å²) in [6.45, 7) is 3.15. The molecule has 2 aromatic rings. The maximum absolute atomic E-state index is 12.3. The lowest BCUT2D eigenvalue weighted by Crippen LogP contribution is -2.46. The zero-order valence-electron chi connectivity index (χ0n) is 15.6. The highest BCUT2D eigenvalue weighted by Gasteiger charge is 2.26. The average molecular weight is 368 g/mol. The Bertz CT molecular complexity index is 824. The molecule has 1 unspecified atom stereocenters. The quantitative estimate of drug-likeness (QED) is 0.838. The number of urea groups is 1. The van der Waals surface area contributed by atoms with Crippen LogP contribution in [0.15, 0.2) is 36.5 Å². The Balaban J connectivity index is 1.70. The third-order valence-electron chi connectivity index (χ3n) is 4.69. The van der Waals surface area contributed by atoms with E-state index >= 15 is 0 Å². The lowest BCUT2D eigenvalue weighted by atomic mass is 9.94. The van der Waals surface area contributed by atoms with Crippen molar-refractivity contribution in [2.75, 3.05) is 26.7 Å². The number of ether oxygens (including phenoxy) is 1. The van der Waals surface area contributed by atoms with Crippen LogP contribution in [0.25, 0.3) is 11.4 Å². The Morgan fingerprint density at radius 2 is 2.19 bits per heavy atom. The fraction of sp³-hybridized carbons (Fsp3) is 0.400. The minimum absolute atomic E-state index is 0.123. The molecular weight excluding hydrogens is 344 g/mol. The number of carbonyl (C=O) groups is 2. The molecule has 2 amide bonds. The smallest absolute Gasteiger partial charge is 0.325 e. The van der Waals surface area contributed by atoms with Gasteiger partial charge in [-0.1, -0.05) is 23.8 Å². The van der Waals surface area contributed by atoms with Crippen LogP contribution in [0.3, 0.4) is 0 Å². The molecule has 1 aromatic heterocycles. The molecule has 1 saturated heterocycles. The van der Waals surface area contributed by atoms with Crippen molar-refractivity contribution in [3.63, 3.8) is 0 Å². The van der Waals surface area contributed by atoms with E-state index < -0.39 is 5.97 Å². The topological polar surface area (TPSA) is 84.4 Å². The molecule has 1 atom stereocenters. The van der Waals surface area contributed by atoms with Crippen molar-refractivity contribution < 1.29 is 14.3 Å². The van der Waals surface area contributed by atoms with Crippen molar-refractivity contribution in [2.24, 2.45) is 0 Å². The molecule has 142 valence electrons. The second-order valence-electron chi connectivity index (χ2n) is 6.69.